The van der Waals surface area contributed by atoms with Gasteiger partial charge in [0.25, 0.3) is 0 Å². The summed E-state index contributed by atoms with van der Waals surface area (Å²) in [6.07, 6.45) is 6.75. The summed E-state index contributed by atoms with van der Waals surface area (Å²) in [6.45, 7) is 1.97. The van der Waals surface area contributed by atoms with Crippen LogP contribution in [0, 0.1) is 6.92 Å². The van der Waals surface area contributed by atoms with Crippen molar-refractivity contribution in [2.24, 2.45) is 0 Å². The minimum Gasteiger partial charge on any atom is -0.465 e. The molecule has 0 aliphatic heterocycles. The third-order valence-corrected chi connectivity index (χ3v) is 5.46. The summed E-state index contributed by atoms with van der Waals surface area (Å²) in [7, 11) is 0. The fourth-order valence-electron chi connectivity index (χ4n) is 3.86. The zero-order valence-electron chi connectivity index (χ0n) is 15.7. The SMILES string of the molecule is Cc1cnc2cc(O/C=C3\C[C@@H](n4ccc5c(N)ncnc54)[C@H](O)[C@@H]3O)ccn12. The third kappa shape index (κ3) is 2.82. The number of nitrogens with two attached hydrogens (primary N) is 1. The minimum atomic E-state index is -1.03. The van der Waals surface area contributed by atoms with Crippen molar-refractivity contribution in [1.29, 1.82) is 0 Å². The predicted molar refractivity (Wildman–Crippen MR) is 106 cm³/mol. The molecule has 3 atom stereocenters. The molecule has 0 unspecified atom stereocenters. The summed E-state index contributed by atoms with van der Waals surface area (Å²) in [6, 6.07) is 5.07. The van der Waals surface area contributed by atoms with Crippen molar-refractivity contribution in [2.75, 3.05) is 5.73 Å². The van der Waals surface area contributed by atoms with Gasteiger partial charge in [0.15, 0.2) is 0 Å². The van der Waals surface area contributed by atoms with Crippen LogP contribution in [0.15, 0.2) is 55.0 Å². The molecular formula is C20H20N6O3. The lowest BCUT2D eigenvalue weighted by molar-refractivity contribution is 0.0355. The number of nitrogens with zero attached hydrogens (tertiary/aromatic N) is 5. The molecule has 9 nitrogen and oxygen atoms in total. The zero-order valence-corrected chi connectivity index (χ0v) is 15.7. The van der Waals surface area contributed by atoms with Gasteiger partial charge in [0.1, 0.15) is 41.4 Å². The van der Waals surface area contributed by atoms with Crippen LogP contribution >= 0.6 is 0 Å². The van der Waals surface area contributed by atoms with Gasteiger partial charge in [-0.1, -0.05) is 0 Å². The van der Waals surface area contributed by atoms with E-state index < -0.39 is 12.2 Å². The molecule has 0 bridgehead atoms. The van der Waals surface area contributed by atoms with E-state index >= 15 is 0 Å². The van der Waals surface area contributed by atoms with Gasteiger partial charge in [-0.3, -0.25) is 0 Å². The Kier molecular flexibility index (Phi) is 4.00. The number of ether oxygens (including phenoxy) is 1. The first-order valence-electron chi connectivity index (χ1n) is 9.25. The molecule has 1 aliphatic rings. The number of aromatic nitrogens is 5. The molecule has 0 saturated heterocycles. The van der Waals surface area contributed by atoms with Gasteiger partial charge in [-0.25, -0.2) is 15.0 Å². The molecule has 4 heterocycles. The van der Waals surface area contributed by atoms with Crippen LogP contribution in [-0.4, -0.2) is 46.3 Å². The van der Waals surface area contributed by atoms with Crippen LogP contribution in [0.3, 0.4) is 0 Å². The van der Waals surface area contributed by atoms with Crippen LogP contribution in [-0.2, 0) is 0 Å². The number of fused-ring (bicyclic) bond motifs is 2. The van der Waals surface area contributed by atoms with Gasteiger partial charge in [0.05, 0.1) is 17.7 Å². The topological polar surface area (TPSA) is 124 Å². The molecule has 29 heavy (non-hydrogen) atoms. The van der Waals surface area contributed by atoms with Crippen LogP contribution in [0.2, 0.25) is 0 Å². The summed E-state index contributed by atoms with van der Waals surface area (Å²) >= 11 is 0. The maximum Gasteiger partial charge on any atom is 0.145 e. The molecule has 5 rings (SSSR count). The van der Waals surface area contributed by atoms with Crippen LogP contribution < -0.4 is 10.5 Å². The highest BCUT2D eigenvalue weighted by molar-refractivity contribution is 5.86. The van der Waals surface area contributed by atoms with E-state index in [9.17, 15) is 10.2 Å². The Labute approximate surface area is 165 Å². The number of nitrogen functional groups attached to an aromatic ring is 1. The molecule has 0 amide bonds. The second-order valence-electron chi connectivity index (χ2n) is 7.23. The minimum absolute atomic E-state index is 0.380. The Morgan fingerprint density at radius 2 is 2.07 bits per heavy atom. The van der Waals surface area contributed by atoms with Crippen molar-refractivity contribution in [1.82, 2.24) is 23.9 Å². The molecule has 4 N–H and O–H groups in total. The highest BCUT2D eigenvalue weighted by Crippen LogP contribution is 2.37. The lowest BCUT2D eigenvalue weighted by Gasteiger charge is -2.18. The first kappa shape index (κ1) is 17.7. The number of imidazole rings is 1. The lowest BCUT2D eigenvalue weighted by atomic mass is 10.2. The van der Waals surface area contributed by atoms with Gasteiger partial charge < -0.3 is 29.7 Å². The summed E-state index contributed by atoms with van der Waals surface area (Å²) < 4.78 is 9.53. The number of rotatable bonds is 3. The fourth-order valence-corrected chi connectivity index (χ4v) is 3.86. The van der Waals surface area contributed by atoms with E-state index in [2.05, 4.69) is 15.0 Å². The Balaban J connectivity index is 1.41. The van der Waals surface area contributed by atoms with Crippen LogP contribution in [0.25, 0.3) is 16.7 Å². The molecule has 1 saturated carbocycles. The summed E-state index contributed by atoms with van der Waals surface area (Å²) in [5.41, 5.74) is 8.93. The third-order valence-electron chi connectivity index (χ3n) is 5.46. The monoisotopic (exact) mass is 392 g/mol. The zero-order chi connectivity index (χ0) is 20.1. The van der Waals surface area contributed by atoms with Crippen LogP contribution in [0.1, 0.15) is 18.2 Å². The molecule has 0 aromatic carbocycles. The van der Waals surface area contributed by atoms with Crippen LogP contribution in [0.5, 0.6) is 5.75 Å². The molecule has 1 aliphatic carbocycles. The maximum atomic E-state index is 10.6. The van der Waals surface area contributed by atoms with E-state index in [0.29, 0.717) is 34.6 Å². The van der Waals surface area contributed by atoms with Gasteiger partial charge in [-0.15, -0.1) is 0 Å². The molecule has 0 radical (unpaired) electrons. The largest absolute Gasteiger partial charge is 0.465 e. The van der Waals surface area contributed by atoms with Crippen molar-refractivity contribution in [3.63, 3.8) is 0 Å². The smallest absolute Gasteiger partial charge is 0.145 e. The van der Waals surface area contributed by atoms with Gasteiger partial charge >= 0.3 is 0 Å². The standard InChI is InChI=1S/C20H20N6O3/c1-11-8-22-16-7-13(2-4-25(11)16)29-9-12-6-15(18(28)17(12)27)26-5-3-14-19(21)23-10-24-20(14)26/h2-5,7-10,15,17-18,27-28H,6H2,1H3,(H2,21,23,24)/b12-9+/t15-,17-,18+/m1/s1. The molecule has 9 heteroatoms. The van der Waals surface area contributed by atoms with Crippen molar-refractivity contribution in [3.05, 3.63) is 60.6 Å². The molecule has 148 valence electrons. The number of anilines is 1. The van der Waals surface area contributed by atoms with Gasteiger partial charge in [0, 0.05) is 30.4 Å². The second-order valence-corrected chi connectivity index (χ2v) is 7.23. The average Bonchev–Trinajstić information content (AvgIpc) is 3.39. The Morgan fingerprint density at radius 3 is 2.93 bits per heavy atom. The molecule has 4 aromatic heterocycles. The van der Waals surface area contributed by atoms with Gasteiger partial charge in [-0.05, 0) is 31.1 Å². The molecular weight excluding hydrogens is 372 g/mol. The average molecular weight is 392 g/mol. The van der Waals surface area contributed by atoms with E-state index in [-0.39, 0.29) is 6.04 Å². The summed E-state index contributed by atoms with van der Waals surface area (Å²) in [5, 5.41) is 21.8. The van der Waals surface area contributed by atoms with E-state index in [0.717, 1.165) is 11.3 Å². The van der Waals surface area contributed by atoms with Gasteiger partial charge in [-0.2, -0.15) is 0 Å². The number of aryl methyl sites for hydroxylation is 1. The summed E-state index contributed by atoms with van der Waals surface area (Å²) in [5.74, 6) is 0.984. The Bertz CT molecular complexity index is 1240. The van der Waals surface area contributed by atoms with Crippen molar-refractivity contribution < 1.29 is 14.9 Å². The maximum absolute atomic E-state index is 10.6. The molecule has 0 spiro atoms. The van der Waals surface area contributed by atoms with Crippen molar-refractivity contribution >= 4 is 22.5 Å². The first-order valence-corrected chi connectivity index (χ1v) is 9.25. The van der Waals surface area contributed by atoms with Crippen LogP contribution in [0.4, 0.5) is 5.82 Å². The Morgan fingerprint density at radius 1 is 1.21 bits per heavy atom. The Hall–Kier alpha value is -3.43. The van der Waals surface area contributed by atoms with E-state index in [4.69, 9.17) is 10.5 Å². The first-order chi connectivity index (χ1) is 14.0. The number of pyridine rings is 1. The van der Waals surface area contributed by atoms with E-state index in [1.807, 2.05) is 40.3 Å². The highest BCUT2D eigenvalue weighted by atomic mass is 16.5. The lowest BCUT2D eigenvalue weighted by Crippen LogP contribution is -2.27. The number of hydrogen-bond donors (Lipinski definition) is 3. The van der Waals surface area contributed by atoms with Crippen molar-refractivity contribution in [2.45, 2.75) is 31.6 Å². The number of hydrogen-bond acceptors (Lipinski definition) is 7. The van der Waals surface area contributed by atoms with E-state index in [1.165, 1.54) is 12.6 Å². The fraction of sp³-hybridized carbons (Fsp3) is 0.250. The predicted octanol–water partition coefficient (Wildman–Crippen LogP) is 1.60. The molecule has 1 fully saturated rings. The quantitative estimate of drug-likeness (QED) is 0.452. The second kappa shape index (κ2) is 6.57. The van der Waals surface area contributed by atoms with Crippen molar-refractivity contribution in [3.8, 4) is 5.75 Å². The van der Waals surface area contributed by atoms with E-state index in [1.54, 1.807) is 12.4 Å². The van der Waals surface area contributed by atoms with Gasteiger partial charge in [0.2, 0.25) is 0 Å². The summed E-state index contributed by atoms with van der Waals surface area (Å²) in [4.78, 5) is 12.6. The normalized spacial score (nSPS) is 23.4. The number of aliphatic hydroxyl groups is 2. The molecule has 4 aromatic rings. The highest BCUT2D eigenvalue weighted by Gasteiger charge is 2.39. The number of aliphatic hydroxyl groups excluding tert-OH is 2.